The normalized spacial score (nSPS) is 22.0. The molecule has 1 aromatic rings. The maximum Gasteiger partial charge on any atom is 0.158 e. The average Bonchev–Trinajstić information content (AvgIpc) is 2.52. The van der Waals surface area contributed by atoms with Gasteiger partial charge in [0.1, 0.15) is 18.2 Å². The number of hydrogen-bond acceptors (Lipinski definition) is 7. The first-order valence-electron chi connectivity index (χ1n) is 7.55. The van der Waals surface area contributed by atoms with E-state index in [1.54, 1.807) is 6.07 Å². The van der Waals surface area contributed by atoms with Crippen LogP contribution in [0.4, 0.5) is 11.6 Å². The van der Waals surface area contributed by atoms with Gasteiger partial charge in [0.15, 0.2) is 5.82 Å². The van der Waals surface area contributed by atoms with Gasteiger partial charge in [-0.15, -0.1) is 0 Å². The second-order valence-corrected chi connectivity index (χ2v) is 5.39. The van der Waals surface area contributed by atoms with Crippen molar-refractivity contribution in [3.05, 3.63) is 11.9 Å². The Balaban J connectivity index is 1.91. The van der Waals surface area contributed by atoms with Crippen LogP contribution in [0.15, 0.2) is 6.07 Å². The van der Waals surface area contributed by atoms with Gasteiger partial charge >= 0.3 is 0 Å². The van der Waals surface area contributed by atoms with Gasteiger partial charge < -0.3 is 20.6 Å². The van der Waals surface area contributed by atoms with Gasteiger partial charge in [0, 0.05) is 19.2 Å². The number of aliphatic hydroxyl groups excluding tert-OH is 1. The number of nitrogens with one attached hydrogen (secondary N) is 2. The summed E-state index contributed by atoms with van der Waals surface area (Å²) in [5.74, 6) is 7.94. The van der Waals surface area contributed by atoms with Gasteiger partial charge in [0.2, 0.25) is 0 Å². The monoisotopic (exact) mass is 295 g/mol. The lowest BCUT2D eigenvalue weighted by Gasteiger charge is -2.25. The van der Waals surface area contributed by atoms with Crippen LogP contribution in [0.1, 0.15) is 38.4 Å². The Kier molecular flexibility index (Phi) is 6.16. The minimum Gasteiger partial charge on any atom is -0.393 e. The fourth-order valence-electron chi connectivity index (χ4n) is 2.52. The Morgan fingerprint density at radius 1 is 1.29 bits per heavy atom. The molecule has 1 aliphatic carbocycles. The standard InChI is InChI=1S/C14H25N5O2/c1-2-21-9-14-17-12(7-13(18-14)19-15)16-8-10-3-5-11(20)6-4-10/h7,10-11,20H,2-6,8-9,15H2,1H3,(H2,16,17,18,19). The van der Waals surface area contributed by atoms with Crippen LogP contribution >= 0.6 is 0 Å². The van der Waals surface area contributed by atoms with Crippen molar-refractivity contribution in [2.45, 2.75) is 45.3 Å². The highest BCUT2D eigenvalue weighted by Gasteiger charge is 2.19. The molecular weight excluding hydrogens is 270 g/mol. The van der Waals surface area contributed by atoms with Crippen molar-refractivity contribution in [1.29, 1.82) is 0 Å². The summed E-state index contributed by atoms with van der Waals surface area (Å²) in [5, 5.41) is 12.9. The first-order valence-corrected chi connectivity index (χ1v) is 7.55. The van der Waals surface area contributed by atoms with E-state index in [1.807, 2.05) is 6.92 Å². The van der Waals surface area contributed by atoms with Crippen molar-refractivity contribution in [3.8, 4) is 0 Å². The van der Waals surface area contributed by atoms with Crippen LogP contribution in [0.3, 0.4) is 0 Å². The first-order chi connectivity index (χ1) is 10.2. The predicted molar refractivity (Wildman–Crippen MR) is 81.6 cm³/mol. The zero-order valence-corrected chi connectivity index (χ0v) is 12.5. The zero-order chi connectivity index (χ0) is 15.1. The van der Waals surface area contributed by atoms with Crippen LogP contribution in [0.2, 0.25) is 0 Å². The van der Waals surface area contributed by atoms with Gasteiger partial charge in [0.05, 0.1) is 6.10 Å². The Morgan fingerprint density at radius 3 is 2.67 bits per heavy atom. The van der Waals surface area contributed by atoms with Crippen molar-refractivity contribution in [1.82, 2.24) is 9.97 Å². The molecule has 1 aromatic heterocycles. The second kappa shape index (κ2) is 8.11. The van der Waals surface area contributed by atoms with Crippen LogP contribution < -0.4 is 16.6 Å². The summed E-state index contributed by atoms with van der Waals surface area (Å²) in [6, 6.07) is 1.78. The Bertz CT molecular complexity index is 435. The number of aromatic nitrogens is 2. The van der Waals surface area contributed by atoms with Gasteiger partial charge in [0.25, 0.3) is 0 Å². The van der Waals surface area contributed by atoms with Crippen LogP contribution in [0, 0.1) is 5.92 Å². The van der Waals surface area contributed by atoms with E-state index in [2.05, 4.69) is 20.7 Å². The highest BCUT2D eigenvalue weighted by molar-refractivity contribution is 5.46. The molecule has 1 heterocycles. The Morgan fingerprint density at radius 2 is 2.00 bits per heavy atom. The number of nitrogen functional groups attached to an aromatic ring is 1. The first kappa shape index (κ1) is 15.9. The summed E-state index contributed by atoms with van der Waals surface area (Å²) in [6.07, 6.45) is 3.76. The van der Waals surface area contributed by atoms with E-state index in [-0.39, 0.29) is 6.10 Å². The molecule has 0 amide bonds. The summed E-state index contributed by atoms with van der Waals surface area (Å²) >= 11 is 0. The molecule has 2 rings (SSSR count). The van der Waals surface area contributed by atoms with Gasteiger partial charge in [-0.1, -0.05) is 0 Å². The molecule has 118 valence electrons. The molecule has 0 unspecified atom stereocenters. The number of nitrogens with two attached hydrogens (primary N) is 1. The molecular formula is C14H25N5O2. The molecule has 5 N–H and O–H groups in total. The topological polar surface area (TPSA) is 105 Å². The number of anilines is 2. The summed E-state index contributed by atoms with van der Waals surface area (Å²) in [6.45, 7) is 3.77. The molecule has 0 bridgehead atoms. The van der Waals surface area contributed by atoms with E-state index in [4.69, 9.17) is 10.6 Å². The van der Waals surface area contributed by atoms with E-state index in [0.29, 0.717) is 30.8 Å². The molecule has 0 aliphatic heterocycles. The van der Waals surface area contributed by atoms with Gasteiger partial charge in [-0.25, -0.2) is 15.8 Å². The second-order valence-electron chi connectivity index (χ2n) is 5.39. The quantitative estimate of drug-likeness (QED) is 0.443. The minimum atomic E-state index is -0.119. The molecule has 1 saturated carbocycles. The van der Waals surface area contributed by atoms with E-state index in [0.717, 1.165) is 38.0 Å². The minimum absolute atomic E-state index is 0.119. The Hall–Kier alpha value is -1.44. The molecule has 21 heavy (non-hydrogen) atoms. The van der Waals surface area contributed by atoms with Gasteiger partial charge in [-0.3, -0.25) is 0 Å². The number of hydrazine groups is 1. The molecule has 0 aromatic carbocycles. The molecule has 0 atom stereocenters. The SMILES string of the molecule is CCOCc1nc(NN)cc(NCC2CCC(O)CC2)n1. The highest BCUT2D eigenvalue weighted by Crippen LogP contribution is 2.24. The van der Waals surface area contributed by atoms with Gasteiger partial charge in [-0.2, -0.15) is 0 Å². The van der Waals surface area contributed by atoms with E-state index >= 15 is 0 Å². The van der Waals surface area contributed by atoms with Crippen molar-refractivity contribution in [3.63, 3.8) is 0 Å². The number of ether oxygens (including phenoxy) is 1. The van der Waals surface area contributed by atoms with Crippen molar-refractivity contribution >= 4 is 11.6 Å². The third-order valence-electron chi connectivity index (χ3n) is 3.74. The lowest BCUT2D eigenvalue weighted by Crippen LogP contribution is -2.24. The zero-order valence-electron chi connectivity index (χ0n) is 12.5. The molecule has 1 fully saturated rings. The maximum atomic E-state index is 9.52. The predicted octanol–water partition coefficient (Wildman–Crippen LogP) is 1.26. The molecule has 0 spiro atoms. The summed E-state index contributed by atoms with van der Waals surface area (Å²) in [5.41, 5.74) is 2.55. The third-order valence-corrected chi connectivity index (χ3v) is 3.74. The fraction of sp³-hybridized carbons (Fsp3) is 0.714. The van der Waals surface area contributed by atoms with Crippen molar-refractivity contribution < 1.29 is 9.84 Å². The lowest BCUT2D eigenvalue weighted by atomic mass is 9.87. The highest BCUT2D eigenvalue weighted by atomic mass is 16.5. The van der Waals surface area contributed by atoms with E-state index in [1.165, 1.54) is 0 Å². The number of nitrogens with zero attached hydrogens (tertiary/aromatic N) is 2. The summed E-state index contributed by atoms with van der Waals surface area (Å²) < 4.78 is 5.33. The van der Waals surface area contributed by atoms with Crippen LogP contribution in [-0.4, -0.2) is 34.3 Å². The molecule has 0 saturated heterocycles. The van der Waals surface area contributed by atoms with Crippen molar-refractivity contribution in [2.24, 2.45) is 11.8 Å². The van der Waals surface area contributed by atoms with Crippen molar-refractivity contribution in [2.75, 3.05) is 23.9 Å². The number of aliphatic hydroxyl groups is 1. The molecule has 0 radical (unpaired) electrons. The average molecular weight is 295 g/mol. The maximum absolute atomic E-state index is 9.52. The van der Waals surface area contributed by atoms with E-state index < -0.39 is 0 Å². The Labute approximate surface area is 125 Å². The summed E-state index contributed by atoms with van der Waals surface area (Å²) in [7, 11) is 0. The number of hydrogen-bond donors (Lipinski definition) is 4. The van der Waals surface area contributed by atoms with Gasteiger partial charge in [-0.05, 0) is 38.5 Å². The molecule has 7 nitrogen and oxygen atoms in total. The number of rotatable bonds is 7. The smallest absolute Gasteiger partial charge is 0.158 e. The summed E-state index contributed by atoms with van der Waals surface area (Å²) in [4.78, 5) is 8.67. The van der Waals surface area contributed by atoms with Crippen LogP contribution in [0.5, 0.6) is 0 Å². The van der Waals surface area contributed by atoms with Crippen LogP contribution in [0.25, 0.3) is 0 Å². The molecule has 7 heteroatoms. The van der Waals surface area contributed by atoms with Crippen LogP contribution in [-0.2, 0) is 11.3 Å². The molecule has 1 aliphatic rings. The lowest BCUT2D eigenvalue weighted by molar-refractivity contribution is 0.111. The largest absolute Gasteiger partial charge is 0.393 e. The fourth-order valence-corrected chi connectivity index (χ4v) is 2.52. The van der Waals surface area contributed by atoms with E-state index in [9.17, 15) is 5.11 Å². The third kappa shape index (κ3) is 5.11.